The van der Waals surface area contributed by atoms with Crippen molar-refractivity contribution in [1.29, 1.82) is 0 Å². The fourth-order valence-corrected chi connectivity index (χ4v) is 2.77. The minimum absolute atomic E-state index is 0.227. The maximum absolute atomic E-state index is 5.87. The molecule has 0 aromatic heterocycles. The molecule has 2 aromatic rings. The van der Waals surface area contributed by atoms with Crippen molar-refractivity contribution < 1.29 is 0 Å². The largest absolute Gasteiger partial charge is 0.271 e. The number of hydrogen-bond donors (Lipinski definition) is 2. The summed E-state index contributed by atoms with van der Waals surface area (Å²) in [6.07, 6.45) is 1.10. The summed E-state index contributed by atoms with van der Waals surface area (Å²) in [5.41, 5.74) is 5.66. The molecule has 0 aliphatic carbocycles. The molecule has 0 aliphatic rings. The summed E-state index contributed by atoms with van der Waals surface area (Å²) < 4.78 is 0. The van der Waals surface area contributed by atoms with E-state index in [1.54, 1.807) is 0 Å². The lowest BCUT2D eigenvalue weighted by Crippen LogP contribution is -2.44. The predicted octanol–water partition coefficient (Wildman–Crippen LogP) is 3.70. The van der Waals surface area contributed by atoms with E-state index in [2.05, 4.69) is 79.9 Å². The van der Waals surface area contributed by atoms with E-state index < -0.39 is 0 Å². The number of nitrogens with two attached hydrogens (primary N) is 1. The zero-order valence-electron chi connectivity index (χ0n) is 12.3. The predicted molar refractivity (Wildman–Crippen MR) is 85.3 cm³/mol. The van der Waals surface area contributed by atoms with Crippen molar-refractivity contribution in [2.75, 3.05) is 0 Å². The van der Waals surface area contributed by atoms with Gasteiger partial charge in [0.2, 0.25) is 0 Å². The normalized spacial score (nSPS) is 14.2. The van der Waals surface area contributed by atoms with Gasteiger partial charge in [-0.05, 0) is 17.0 Å². The smallest absolute Gasteiger partial charge is 0.0345 e. The molecule has 2 atom stereocenters. The number of rotatable bonds is 6. The summed E-state index contributed by atoms with van der Waals surface area (Å²) in [5, 5.41) is 0. The Morgan fingerprint density at radius 2 is 1.35 bits per heavy atom. The summed E-state index contributed by atoms with van der Waals surface area (Å²) in [5.74, 6) is 6.66. The zero-order chi connectivity index (χ0) is 14.4. The third-order valence-electron chi connectivity index (χ3n) is 4.13. The Balaban J connectivity index is 2.44. The van der Waals surface area contributed by atoms with E-state index in [-0.39, 0.29) is 12.0 Å². The van der Waals surface area contributed by atoms with E-state index in [1.165, 1.54) is 11.1 Å². The molecular formula is C18H24N2. The molecule has 0 fully saturated rings. The highest BCUT2D eigenvalue weighted by Crippen LogP contribution is 2.31. The van der Waals surface area contributed by atoms with Crippen molar-refractivity contribution in [2.45, 2.75) is 32.2 Å². The van der Waals surface area contributed by atoms with Crippen LogP contribution in [-0.2, 0) is 0 Å². The Labute approximate surface area is 122 Å². The first-order valence-electron chi connectivity index (χ1n) is 7.34. The SMILES string of the molecule is CCC(C)C(NN)C(c1ccccc1)c1ccccc1. The zero-order valence-corrected chi connectivity index (χ0v) is 12.3. The summed E-state index contributed by atoms with van der Waals surface area (Å²) >= 11 is 0. The summed E-state index contributed by atoms with van der Waals surface area (Å²) in [6.45, 7) is 4.46. The minimum Gasteiger partial charge on any atom is -0.271 e. The van der Waals surface area contributed by atoms with Crippen LogP contribution >= 0.6 is 0 Å². The van der Waals surface area contributed by atoms with Crippen LogP contribution in [0, 0.1) is 5.92 Å². The van der Waals surface area contributed by atoms with E-state index in [0.29, 0.717) is 5.92 Å². The molecule has 0 radical (unpaired) electrons. The van der Waals surface area contributed by atoms with Gasteiger partial charge in [0.15, 0.2) is 0 Å². The first-order chi connectivity index (χ1) is 9.77. The third kappa shape index (κ3) is 3.27. The lowest BCUT2D eigenvalue weighted by molar-refractivity contribution is 0.342. The van der Waals surface area contributed by atoms with Crippen molar-refractivity contribution in [1.82, 2.24) is 5.43 Å². The maximum atomic E-state index is 5.87. The number of hydrazine groups is 1. The molecule has 2 aromatic carbocycles. The van der Waals surface area contributed by atoms with E-state index in [0.717, 1.165) is 6.42 Å². The first-order valence-corrected chi connectivity index (χ1v) is 7.34. The van der Waals surface area contributed by atoms with Gasteiger partial charge < -0.3 is 0 Å². The fourth-order valence-electron chi connectivity index (χ4n) is 2.77. The van der Waals surface area contributed by atoms with Crippen LogP contribution in [0.2, 0.25) is 0 Å². The van der Waals surface area contributed by atoms with Gasteiger partial charge in [0, 0.05) is 12.0 Å². The maximum Gasteiger partial charge on any atom is 0.0345 e. The van der Waals surface area contributed by atoms with Crippen LogP contribution in [0.15, 0.2) is 60.7 Å². The highest BCUT2D eigenvalue weighted by molar-refractivity contribution is 5.34. The van der Waals surface area contributed by atoms with Crippen LogP contribution in [-0.4, -0.2) is 6.04 Å². The molecular weight excluding hydrogens is 244 g/mol. The molecule has 2 nitrogen and oxygen atoms in total. The minimum atomic E-state index is 0.227. The average Bonchev–Trinajstić information content (AvgIpc) is 2.53. The lowest BCUT2D eigenvalue weighted by Gasteiger charge is -2.32. The van der Waals surface area contributed by atoms with E-state index in [9.17, 15) is 0 Å². The van der Waals surface area contributed by atoms with E-state index >= 15 is 0 Å². The standard InChI is InChI=1S/C18H24N2/c1-3-14(2)18(20-19)17(15-10-6-4-7-11-15)16-12-8-5-9-13-16/h4-14,17-18,20H,3,19H2,1-2H3. The summed E-state index contributed by atoms with van der Waals surface area (Å²) in [6, 6.07) is 21.4. The molecule has 2 unspecified atom stereocenters. The highest BCUT2D eigenvalue weighted by Gasteiger charge is 2.27. The van der Waals surface area contributed by atoms with Crippen molar-refractivity contribution in [3.05, 3.63) is 71.8 Å². The van der Waals surface area contributed by atoms with Gasteiger partial charge in [-0.1, -0.05) is 80.9 Å². The topological polar surface area (TPSA) is 38.0 Å². The van der Waals surface area contributed by atoms with Crippen LogP contribution in [0.1, 0.15) is 37.3 Å². The van der Waals surface area contributed by atoms with Crippen LogP contribution in [0.3, 0.4) is 0 Å². The van der Waals surface area contributed by atoms with Gasteiger partial charge in [-0.3, -0.25) is 11.3 Å². The Bertz CT molecular complexity index is 456. The Morgan fingerprint density at radius 3 is 1.70 bits per heavy atom. The van der Waals surface area contributed by atoms with Gasteiger partial charge >= 0.3 is 0 Å². The second kappa shape index (κ2) is 7.22. The van der Waals surface area contributed by atoms with E-state index in [1.807, 2.05) is 0 Å². The Kier molecular flexibility index (Phi) is 5.33. The molecule has 0 saturated heterocycles. The molecule has 0 heterocycles. The van der Waals surface area contributed by atoms with Crippen molar-refractivity contribution in [2.24, 2.45) is 11.8 Å². The first kappa shape index (κ1) is 14.8. The monoisotopic (exact) mass is 268 g/mol. The molecule has 106 valence electrons. The molecule has 0 amide bonds. The molecule has 3 N–H and O–H groups in total. The van der Waals surface area contributed by atoms with Gasteiger partial charge in [-0.15, -0.1) is 0 Å². The third-order valence-corrected chi connectivity index (χ3v) is 4.13. The van der Waals surface area contributed by atoms with Gasteiger partial charge in [-0.25, -0.2) is 0 Å². The number of nitrogens with one attached hydrogen (secondary N) is 1. The van der Waals surface area contributed by atoms with Crippen molar-refractivity contribution >= 4 is 0 Å². The second-order valence-electron chi connectivity index (χ2n) is 5.38. The molecule has 0 aliphatic heterocycles. The molecule has 0 spiro atoms. The molecule has 2 rings (SSSR count). The second-order valence-corrected chi connectivity index (χ2v) is 5.38. The fraction of sp³-hybridized carbons (Fsp3) is 0.333. The van der Waals surface area contributed by atoms with Gasteiger partial charge in [0.1, 0.15) is 0 Å². The van der Waals surface area contributed by atoms with Gasteiger partial charge in [0.05, 0.1) is 0 Å². The Morgan fingerprint density at radius 1 is 0.900 bits per heavy atom. The van der Waals surface area contributed by atoms with Gasteiger partial charge in [0.25, 0.3) is 0 Å². The average molecular weight is 268 g/mol. The summed E-state index contributed by atoms with van der Waals surface area (Å²) in [4.78, 5) is 0. The number of hydrogen-bond acceptors (Lipinski definition) is 2. The summed E-state index contributed by atoms with van der Waals surface area (Å²) in [7, 11) is 0. The van der Waals surface area contributed by atoms with Crippen molar-refractivity contribution in [3.8, 4) is 0 Å². The molecule has 0 saturated carbocycles. The van der Waals surface area contributed by atoms with Crippen LogP contribution in [0.5, 0.6) is 0 Å². The van der Waals surface area contributed by atoms with Crippen molar-refractivity contribution in [3.63, 3.8) is 0 Å². The highest BCUT2D eigenvalue weighted by atomic mass is 15.2. The quantitative estimate of drug-likeness (QED) is 0.619. The van der Waals surface area contributed by atoms with Gasteiger partial charge in [-0.2, -0.15) is 0 Å². The van der Waals surface area contributed by atoms with Crippen LogP contribution in [0.4, 0.5) is 0 Å². The molecule has 2 heteroatoms. The lowest BCUT2D eigenvalue weighted by atomic mass is 9.79. The van der Waals surface area contributed by atoms with Crippen LogP contribution < -0.4 is 11.3 Å². The van der Waals surface area contributed by atoms with E-state index in [4.69, 9.17) is 5.84 Å². The Hall–Kier alpha value is -1.64. The molecule has 0 bridgehead atoms. The van der Waals surface area contributed by atoms with Crippen LogP contribution in [0.25, 0.3) is 0 Å². The molecule has 20 heavy (non-hydrogen) atoms. The number of benzene rings is 2.